The lowest BCUT2D eigenvalue weighted by Crippen LogP contribution is -2.42. The molecule has 2 aliphatic rings. The van der Waals surface area contributed by atoms with Crippen molar-refractivity contribution >= 4 is 28.2 Å². The second kappa shape index (κ2) is 7.99. The van der Waals surface area contributed by atoms with Crippen molar-refractivity contribution in [1.29, 1.82) is 5.26 Å². The lowest BCUT2D eigenvalue weighted by molar-refractivity contribution is -0.145. The Labute approximate surface area is 164 Å². The summed E-state index contributed by atoms with van der Waals surface area (Å²) in [5.41, 5.74) is 0.631. The number of carboxylic acids is 1. The third-order valence-corrected chi connectivity index (χ3v) is 7.26. The summed E-state index contributed by atoms with van der Waals surface area (Å²) in [6.07, 6.45) is 5.61. The van der Waals surface area contributed by atoms with Crippen LogP contribution in [0, 0.1) is 22.7 Å². The van der Waals surface area contributed by atoms with Crippen molar-refractivity contribution < 1.29 is 14.7 Å². The molecule has 1 saturated carbocycles. The molecule has 1 amide bonds. The van der Waals surface area contributed by atoms with Crippen LogP contribution >= 0.6 is 11.3 Å². The summed E-state index contributed by atoms with van der Waals surface area (Å²) < 4.78 is 0. The van der Waals surface area contributed by atoms with E-state index in [0.29, 0.717) is 10.6 Å². The number of amides is 1. The van der Waals surface area contributed by atoms with Crippen molar-refractivity contribution in [2.45, 2.75) is 58.4 Å². The van der Waals surface area contributed by atoms with Crippen LogP contribution in [-0.4, -0.2) is 35.5 Å². The summed E-state index contributed by atoms with van der Waals surface area (Å²) in [4.78, 5) is 28.0. The van der Waals surface area contributed by atoms with Crippen molar-refractivity contribution in [2.24, 2.45) is 11.3 Å². The number of nitrogens with one attached hydrogen (secondary N) is 1. The monoisotopic (exact) mass is 389 g/mol. The number of rotatable bonds is 5. The number of nitriles is 1. The minimum Gasteiger partial charge on any atom is -0.481 e. The minimum absolute atomic E-state index is 0.0635. The molecule has 1 aliphatic carbocycles. The molecule has 0 saturated heterocycles. The molecule has 146 valence electrons. The fourth-order valence-electron chi connectivity index (χ4n) is 4.45. The maximum Gasteiger partial charge on any atom is 0.304 e. The van der Waals surface area contributed by atoms with E-state index in [2.05, 4.69) is 16.3 Å². The van der Waals surface area contributed by atoms with Gasteiger partial charge in [0.15, 0.2) is 0 Å². The Morgan fingerprint density at radius 2 is 2.07 bits per heavy atom. The number of hydrogen-bond acceptors (Lipinski definition) is 5. The van der Waals surface area contributed by atoms with Crippen LogP contribution < -0.4 is 5.32 Å². The van der Waals surface area contributed by atoms with Gasteiger partial charge in [0.25, 0.3) is 0 Å². The molecule has 1 aromatic heterocycles. The Hall–Kier alpha value is -1.91. The van der Waals surface area contributed by atoms with E-state index in [0.717, 1.165) is 62.1 Å². The van der Waals surface area contributed by atoms with Gasteiger partial charge in [-0.15, -0.1) is 11.3 Å². The van der Waals surface area contributed by atoms with E-state index in [4.69, 9.17) is 0 Å². The number of carbonyl (C=O) groups is 2. The third-order valence-electron chi connectivity index (χ3n) is 6.13. The molecule has 6 nitrogen and oxygen atoms in total. The molecular formula is C20H27N3O3S. The van der Waals surface area contributed by atoms with E-state index in [1.54, 1.807) is 6.92 Å². The highest BCUT2D eigenvalue weighted by Crippen LogP contribution is 2.43. The normalized spacial score (nSPS) is 20.3. The molecule has 1 atom stereocenters. The number of anilines is 1. The lowest BCUT2D eigenvalue weighted by atomic mass is 9.67. The maximum absolute atomic E-state index is 13.2. The molecule has 0 bridgehead atoms. The summed E-state index contributed by atoms with van der Waals surface area (Å²) >= 11 is 1.46. The molecule has 7 heteroatoms. The van der Waals surface area contributed by atoms with Gasteiger partial charge >= 0.3 is 5.97 Å². The smallest absolute Gasteiger partial charge is 0.304 e. The summed E-state index contributed by atoms with van der Waals surface area (Å²) in [5.74, 6) is -1.15. The van der Waals surface area contributed by atoms with E-state index in [9.17, 15) is 20.0 Å². The van der Waals surface area contributed by atoms with E-state index < -0.39 is 11.4 Å². The van der Waals surface area contributed by atoms with Crippen LogP contribution in [-0.2, 0) is 22.6 Å². The van der Waals surface area contributed by atoms with Gasteiger partial charge in [0.1, 0.15) is 11.1 Å². The second-order valence-electron chi connectivity index (χ2n) is 8.08. The zero-order valence-electron chi connectivity index (χ0n) is 16.0. The van der Waals surface area contributed by atoms with Gasteiger partial charge in [-0.05, 0) is 44.7 Å². The number of hydrogen-bond donors (Lipinski definition) is 2. The molecule has 0 aromatic carbocycles. The minimum atomic E-state index is -0.958. The fraction of sp³-hybridized carbons (Fsp3) is 0.650. The van der Waals surface area contributed by atoms with Gasteiger partial charge in [-0.25, -0.2) is 0 Å². The molecule has 2 N–H and O–H groups in total. The molecule has 3 rings (SSSR count). The van der Waals surface area contributed by atoms with Crippen LogP contribution in [0.25, 0.3) is 0 Å². The van der Waals surface area contributed by atoms with Gasteiger partial charge in [-0.2, -0.15) is 5.26 Å². The summed E-state index contributed by atoms with van der Waals surface area (Å²) in [5, 5.41) is 22.6. The fourth-order valence-corrected chi connectivity index (χ4v) is 5.72. The Morgan fingerprint density at radius 1 is 1.37 bits per heavy atom. The molecular weight excluding hydrogens is 362 g/mol. The quantitative estimate of drug-likeness (QED) is 0.802. The van der Waals surface area contributed by atoms with E-state index in [1.807, 2.05) is 7.05 Å². The van der Waals surface area contributed by atoms with Crippen LogP contribution in [0.1, 0.15) is 61.5 Å². The van der Waals surface area contributed by atoms with Crippen molar-refractivity contribution in [1.82, 2.24) is 4.90 Å². The second-order valence-corrected chi connectivity index (χ2v) is 9.19. The van der Waals surface area contributed by atoms with E-state index in [-0.39, 0.29) is 18.2 Å². The number of likely N-dealkylation sites (N-methyl/N-ethyl adjacent to an activating group) is 1. The summed E-state index contributed by atoms with van der Waals surface area (Å²) in [6.45, 7) is 3.45. The van der Waals surface area contributed by atoms with Crippen molar-refractivity contribution in [3.63, 3.8) is 0 Å². The van der Waals surface area contributed by atoms with Gasteiger partial charge in [0, 0.05) is 18.0 Å². The largest absolute Gasteiger partial charge is 0.481 e. The Morgan fingerprint density at radius 3 is 2.70 bits per heavy atom. The first-order chi connectivity index (χ1) is 12.8. The molecule has 1 aromatic rings. The lowest BCUT2D eigenvalue weighted by Gasteiger charge is -2.37. The van der Waals surface area contributed by atoms with Gasteiger partial charge in [0.2, 0.25) is 5.91 Å². The zero-order valence-corrected chi connectivity index (χ0v) is 16.8. The number of fused-ring (bicyclic) bond motifs is 1. The van der Waals surface area contributed by atoms with Crippen LogP contribution in [0.2, 0.25) is 0 Å². The molecule has 1 aliphatic heterocycles. The van der Waals surface area contributed by atoms with E-state index >= 15 is 0 Å². The highest BCUT2D eigenvalue weighted by atomic mass is 32.1. The van der Waals surface area contributed by atoms with Crippen LogP contribution in [0.5, 0.6) is 0 Å². The van der Waals surface area contributed by atoms with E-state index in [1.165, 1.54) is 11.3 Å². The average Bonchev–Trinajstić information content (AvgIpc) is 2.97. The van der Waals surface area contributed by atoms with Crippen LogP contribution in [0.15, 0.2) is 0 Å². The van der Waals surface area contributed by atoms with Crippen molar-refractivity contribution in [2.75, 3.05) is 18.9 Å². The zero-order chi connectivity index (χ0) is 19.6. The predicted octanol–water partition coefficient (Wildman–Crippen LogP) is 3.61. The van der Waals surface area contributed by atoms with Gasteiger partial charge in [-0.3, -0.25) is 9.59 Å². The molecule has 0 spiro atoms. The molecule has 1 unspecified atom stereocenters. The highest BCUT2D eigenvalue weighted by molar-refractivity contribution is 7.16. The number of carbonyl (C=O) groups excluding carboxylic acids is 1. The number of nitrogens with zero attached hydrogens (tertiary/aromatic N) is 2. The standard InChI is InChI=1S/C20H27N3O3S/c1-20(10-17(24)25,13-6-4-3-5-7-13)19(26)22-18-15(11-21)14-8-9-23(2)12-16(14)27-18/h13H,3-10,12H2,1-2H3,(H,22,26)(H,24,25). The molecule has 0 radical (unpaired) electrons. The Kier molecular flexibility index (Phi) is 5.87. The van der Waals surface area contributed by atoms with Crippen molar-refractivity contribution in [3.8, 4) is 6.07 Å². The van der Waals surface area contributed by atoms with Gasteiger partial charge < -0.3 is 15.3 Å². The molecule has 27 heavy (non-hydrogen) atoms. The Balaban J connectivity index is 1.87. The first-order valence-electron chi connectivity index (χ1n) is 9.61. The topological polar surface area (TPSA) is 93.4 Å². The predicted molar refractivity (Wildman–Crippen MR) is 105 cm³/mol. The van der Waals surface area contributed by atoms with Crippen LogP contribution in [0.3, 0.4) is 0 Å². The number of thiophene rings is 1. The van der Waals surface area contributed by atoms with Crippen molar-refractivity contribution in [3.05, 3.63) is 16.0 Å². The van der Waals surface area contributed by atoms with Gasteiger partial charge in [0.05, 0.1) is 17.4 Å². The molecule has 2 heterocycles. The SMILES string of the molecule is CN1CCc2c(sc(NC(=O)C(C)(CC(=O)O)C3CCCCC3)c2C#N)C1. The maximum atomic E-state index is 13.2. The number of aliphatic carboxylic acids is 1. The molecule has 1 fully saturated rings. The first-order valence-corrected chi connectivity index (χ1v) is 10.4. The number of carboxylic acid groups (broad SMARTS) is 1. The highest BCUT2D eigenvalue weighted by Gasteiger charge is 2.43. The average molecular weight is 390 g/mol. The van der Waals surface area contributed by atoms with Gasteiger partial charge in [-0.1, -0.05) is 19.3 Å². The van der Waals surface area contributed by atoms with Crippen LogP contribution in [0.4, 0.5) is 5.00 Å². The summed E-state index contributed by atoms with van der Waals surface area (Å²) in [7, 11) is 2.04. The first kappa shape index (κ1) is 19.8. The summed E-state index contributed by atoms with van der Waals surface area (Å²) in [6, 6.07) is 2.26. The Bertz CT molecular complexity index is 776. The third kappa shape index (κ3) is 4.02.